The SMILES string of the molecule is CCC(CC)(OC)C(O)Cc1cc(Br)ccc1OC. The maximum absolute atomic E-state index is 10.5. The molecule has 0 aliphatic heterocycles. The number of benzene rings is 1. The predicted molar refractivity (Wildman–Crippen MR) is 80.7 cm³/mol. The summed E-state index contributed by atoms with van der Waals surface area (Å²) >= 11 is 3.45. The summed E-state index contributed by atoms with van der Waals surface area (Å²) in [5.74, 6) is 0.791. The van der Waals surface area contributed by atoms with Gasteiger partial charge < -0.3 is 14.6 Å². The fourth-order valence-corrected chi connectivity index (χ4v) is 2.86. The van der Waals surface area contributed by atoms with E-state index in [0.29, 0.717) is 6.42 Å². The monoisotopic (exact) mass is 330 g/mol. The van der Waals surface area contributed by atoms with Crippen molar-refractivity contribution in [1.82, 2.24) is 0 Å². The smallest absolute Gasteiger partial charge is 0.122 e. The third-order valence-electron chi connectivity index (χ3n) is 3.87. The quantitative estimate of drug-likeness (QED) is 0.830. The Hall–Kier alpha value is -0.580. The van der Waals surface area contributed by atoms with Crippen LogP contribution in [-0.2, 0) is 11.2 Å². The molecule has 0 bridgehead atoms. The van der Waals surface area contributed by atoms with E-state index in [-0.39, 0.29) is 0 Å². The third kappa shape index (κ3) is 3.71. The molecule has 0 radical (unpaired) electrons. The zero-order chi connectivity index (χ0) is 14.5. The maximum Gasteiger partial charge on any atom is 0.122 e. The Morgan fingerprint density at radius 2 is 1.89 bits per heavy atom. The number of hydrogen-bond donors (Lipinski definition) is 1. The topological polar surface area (TPSA) is 38.7 Å². The first-order valence-electron chi connectivity index (χ1n) is 6.58. The molecule has 0 aromatic heterocycles. The summed E-state index contributed by atoms with van der Waals surface area (Å²) in [5, 5.41) is 10.5. The highest BCUT2D eigenvalue weighted by Gasteiger charge is 2.35. The maximum atomic E-state index is 10.5. The van der Waals surface area contributed by atoms with Crippen molar-refractivity contribution in [1.29, 1.82) is 0 Å². The number of aliphatic hydroxyl groups excluding tert-OH is 1. The molecule has 108 valence electrons. The van der Waals surface area contributed by atoms with E-state index in [0.717, 1.165) is 28.6 Å². The van der Waals surface area contributed by atoms with Crippen molar-refractivity contribution in [3.8, 4) is 5.75 Å². The molecule has 3 nitrogen and oxygen atoms in total. The molecule has 1 aromatic rings. The molecule has 0 heterocycles. The molecule has 1 unspecified atom stereocenters. The van der Waals surface area contributed by atoms with Crippen molar-refractivity contribution in [2.75, 3.05) is 14.2 Å². The minimum absolute atomic E-state index is 0.493. The van der Waals surface area contributed by atoms with E-state index in [2.05, 4.69) is 15.9 Å². The van der Waals surface area contributed by atoms with E-state index >= 15 is 0 Å². The number of methoxy groups -OCH3 is 2. The fraction of sp³-hybridized carbons (Fsp3) is 0.600. The number of aliphatic hydroxyl groups is 1. The van der Waals surface area contributed by atoms with E-state index in [1.54, 1.807) is 14.2 Å². The molecule has 0 amide bonds. The van der Waals surface area contributed by atoms with Crippen LogP contribution < -0.4 is 4.74 Å². The molecule has 0 fully saturated rings. The van der Waals surface area contributed by atoms with Gasteiger partial charge in [-0.2, -0.15) is 0 Å². The molecule has 0 aliphatic rings. The van der Waals surface area contributed by atoms with E-state index < -0.39 is 11.7 Å². The van der Waals surface area contributed by atoms with Gasteiger partial charge in [0.2, 0.25) is 0 Å². The average Bonchev–Trinajstić information content (AvgIpc) is 2.41. The molecular weight excluding hydrogens is 308 g/mol. The Morgan fingerprint density at radius 1 is 1.26 bits per heavy atom. The van der Waals surface area contributed by atoms with Gasteiger partial charge in [-0.05, 0) is 36.6 Å². The second kappa shape index (κ2) is 7.27. The van der Waals surface area contributed by atoms with Crippen LogP contribution in [0, 0.1) is 0 Å². The average molecular weight is 331 g/mol. The van der Waals surface area contributed by atoms with E-state index in [1.807, 2.05) is 32.0 Å². The van der Waals surface area contributed by atoms with Gasteiger partial charge in [0.05, 0.1) is 18.8 Å². The molecule has 0 spiro atoms. The summed E-state index contributed by atoms with van der Waals surface area (Å²) in [4.78, 5) is 0. The molecule has 1 rings (SSSR count). The summed E-state index contributed by atoms with van der Waals surface area (Å²) in [7, 11) is 3.30. The van der Waals surface area contributed by atoms with Gasteiger partial charge in [-0.15, -0.1) is 0 Å². The summed E-state index contributed by atoms with van der Waals surface area (Å²) in [6, 6.07) is 5.81. The zero-order valence-electron chi connectivity index (χ0n) is 12.1. The Bertz CT molecular complexity index is 394. The minimum Gasteiger partial charge on any atom is -0.496 e. The van der Waals surface area contributed by atoms with Crippen LogP contribution in [0.1, 0.15) is 32.3 Å². The summed E-state index contributed by atoms with van der Waals surface area (Å²) in [6.45, 7) is 4.07. The molecule has 1 atom stereocenters. The van der Waals surface area contributed by atoms with Crippen molar-refractivity contribution < 1.29 is 14.6 Å². The highest BCUT2D eigenvalue weighted by atomic mass is 79.9. The van der Waals surface area contributed by atoms with Gasteiger partial charge in [-0.25, -0.2) is 0 Å². The molecule has 0 saturated carbocycles. The van der Waals surface area contributed by atoms with E-state index in [9.17, 15) is 5.11 Å². The van der Waals surface area contributed by atoms with E-state index in [4.69, 9.17) is 9.47 Å². The van der Waals surface area contributed by atoms with Crippen molar-refractivity contribution in [2.45, 2.75) is 44.8 Å². The van der Waals surface area contributed by atoms with Gasteiger partial charge in [0.1, 0.15) is 5.75 Å². The van der Waals surface area contributed by atoms with Crippen LogP contribution in [0.15, 0.2) is 22.7 Å². The van der Waals surface area contributed by atoms with Gasteiger partial charge in [-0.1, -0.05) is 29.8 Å². The van der Waals surface area contributed by atoms with Gasteiger partial charge >= 0.3 is 0 Å². The number of hydrogen-bond acceptors (Lipinski definition) is 3. The highest BCUT2D eigenvalue weighted by Crippen LogP contribution is 2.30. The first kappa shape index (κ1) is 16.5. The van der Waals surface area contributed by atoms with Crippen molar-refractivity contribution in [3.63, 3.8) is 0 Å². The number of halogens is 1. The molecule has 0 aliphatic carbocycles. The van der Waals surface area contributed by atoms with Crippen molar-refractivity contribution in [2.24, 2.45) is 0 Å². The van der Waals surface area contributed by atoms with Crippen LogP contribution in [0.25, 0.3) is 0 Å². The Kier molecular flexibility index (Phi) is 6.30. The summed E-state index contributed by atoms with van der Waals surface area (Å²) in [6.07, 6.45) is 1.50. The molecule has 0 saturated heterocycles. The van der Waals surface area contributed by atoms with Crippen LogP contribution >= 0.6 is 15.9 Å². The molecule has 1 aromatic carbocycles. The highest BCUT2D eigenvalue weighted by molar-refractivity contribution is 9.10. The van der Waals surface area contributed by atoms with Crippen LogP contribution in [0.3, 0.4) is 0 Å². The first-order valence-corrected chi connectivity index (χ1v) is 7.37. The standard InChI is InChI=1S/C15H23BrO3/c1-5-15(6-2,19-4)14(17)10-11-9-12(16)7-8-13(11)18-3/h7-9,14,17H,5-6,10H2,1-4H3. The summed E-state index contributed by atoms with van der Waals surface area (Å²) < 4.78 is 11.9. The lowest BCUT2D eigenvalue weighted by Crippen LogP contribution is -2.44. The number of rotatable bonds is 7. The zero-order valence-corrected chi connectivity index (χ0v) is 13.7. The van der Waals surface area contributed by atoms with Crippen LogP contribution in [0.2, 0.25) is 0 Å². The van der Waals surface area contributed by atoms with Gasteiger partial charge in [0, 0.05) is 18.0 Å². The number of ether oxygens (including phenoxy) is 2. The van der Waals surface area contributed by atoms with Gasteiger partial charge in [0.15, 0.2) is 0 Å². The van der Waals surface area contributed by atoms with Crippen LogP contribution in [0.4, 0.5) is 0 Å². The first-order chi connectivity index (χ1) is 9.02. The van der Waals surface area contributed by atoms with Crippen molar-refractivity contribution in [3.05, 3.63) is 28.2 Å². The lowest BCUT2D eigenvalue weighted by Gasteiger charge is -2.35. The van der Waals surface area contributed by atoms with Gasteiger partial charge in [0.25, 0.3) is 0 Å². The normalized spacial score (nSPS) is 13.4. The van der Waals surface area contributed by atoms with E-state index in [1.165, 1.54) is 0 Å². The summed E-state index contributed by atoms with van der Waals surface area (Å²) in [5.41, 5.74) is 0.487. The third-order valence-corrected chi connectivity index (χ3v) is 4.36. The second-order valence-corrected chi connectivity index (χ2v) is 5.57. The molecule has 4 heteroatoms. The second-order valence-electron chi connectivity index (χ2n) is 4.65. The Balaban J connectivity index is 2.98. The molecule has 19 heavy (non-hydrogen) atoms. The fourth-order valence-electron chi connectivity index (χ4n) is 2.45. The predicted octanol–water partition coefficient (Wildman–Crippen LogP) is 3.57. The van der Waals surface area contributed by atoms with Crippen LogP contribution in [0.5, 0.6) is 5.75 Å². The lowest BCUT2D eigenvalue weighted by atomic mass is 9.86. The lowest BCUT2D eigenvalue weighted by molar-refractivity contribution is -0.106. The minimum atomic E-state index is -0.560. The molecular formula is C15H23BrO3. The largest absolute Gasteiger partial charge is 0.496 e. The van der Waals surface area contributed by atoms with Gasteiger partial charge in [-0.3, -0.25) is 0 Å². The van der Waals surface area contributed by atoms with Crippen molar-refractivity contribution >= 4 is 15.9 Å². The molecule has 1 N–H and O–H groups in total. The van der Waals surface area contributed by atoms with Crippen LogP contribution in [-0.4, -0.2) is 31.0 Å². The Morgan fingerprint density at radius 3 is 2.37 bits per heavy atom. The Labute approximate surface area is 124 Å².